The third-order valence-corrected chi connectivity index (χ3v) is 4.29. The van der Waals surface area contributed by atoms with E-state index in [2.05, 4.69) is 38.4 Å². The summed E-state index contributed by atoms with van der Waals surface area (Å²) in [5.74, 6) is 0.318. The predicted molar refractivity (Wildman–Crippen MR) is 107 cm³/mol. The van der Waals surface area contributed by atoms with Crippen LogP contribution in [0, 0.1) is 3.57 Å². The van der Waals surface area contributed by atoms with Gasteiger partial charge in [0, 0.05) is 9.13 Å². The third kappa shape index (κ3) is 5.19. The van der Waals surface area contributed by atoms with Gasteiger partial charge in [0.2, 0.25) is 0 Å². The molecule has 0 unspecified atom stereocenters. The number of methoxy groups -OCH3 is 2. The molecule has 2 rings (SSSR count). The van der Waals surface area contributed by atoms with Gasteiger partial charge in [0.15, 0.2) is 11.5 Å². The zero-order valence-corrected chi connectivity index (χ0v) is 16.4. The van der Waals surface area contributed by atoms with Gasteiger partial charge in [-0.05, 0) is 46.9 Å². The van der Waals surface area contributed by atoms with Crippen molar-refractivity contribution < 1.29 is 19.1 Å². The number of benzene rings is 2. The quantitative estimate of drug-likeness (QED) is 0.371. The molecule has 26 heavy (non-hydrogen) atoms. The Labute approximate surface area is 164 Å². The van der Waals surface area contributed by atoms with Crippen molar-refractivity contribution in [1.82, 2.24) is 10.7 Å². The van der Waals surface area contributed by atoms with E-state index in [0.717, 1.165) is 3.57 Å². The van der Waals surface area contributed by atoms with Gasteiger partial charge in [0.25, 0.3) is 11.8 Å². The summed E-state index contributed by atoms with van der Waals surface area (Å²) < 4.78 is 11.3. The maximum Gasteiger partial charge on any atom is 0.259 e. The summed E-state index contributed by atoms with van der Waals surface area (Å²) in [5.41, 5.74) is 3.53. The lowest BCUT2D eigenvalue weighted by Gasteiger charge is -2.09. The van der Waals surface area contributed by atoms with E-state index in [1.165, 1.54) is 20.4 Å². The minimum Gasteiger partial charge on any atom is -0.493 e. The second kappa shape index (κ2) is 9.76. The van der Waals surface area contributed by atoms with E-state index in [9.17, 15) is 9.59 Å². The number of amides is 2. The highest BCUT2D eigenvalue weighted by Crippen LogP contribution is 2.29. The largest absolute Gasteiger partial charge is 0.493 e. The van der Waals surface area contributed by atoms with E-state index in [4.69, 9.17) is 9.47 Å². The summed E-state index contributed by atoms with van der Waals surface area (Å²) in [6.45, 7) is -0.184. The molecular weight excluding hydrogens is 449 g/mol. The Hall–Kier alpha value is -2.62. The summed E-state index contributed by atoms with van der Waals surface area (Å²) in [7, 11) is 3.06. The van der Waals surface area contributed by atoms with Gasteiger partial charge >= 0.3 is 0 Å². The van der Waals surface area contributed by atoms with Gasteiger partial charge in [-0.1, -0.05) is 18.2 Å². The molecule has 0 saturated carbocycles. The Kier molecular flexibility index (Phi) is 7.39. The molecule has 7 nitrogen and oxygen atoms in total. The number of hydrazone groups is 1. The van der Waals surface area contributed by atoms with Crippen molar-refractivity contribution >= 4 is 40.6 Å². The summed E-state index contributed by atoms with van der Waals surface area (Å²) >= 11 is 2.07. The molecule has 0 heterocycles. The van der Waals surface area contributed by atoms with E-state index in [-0.39, 0.29) is 12.5 Å². The molecule has 8 heteroatoms. The van der Waals surface area contributed by atoms with Gasteiger partial charge in [-0.2, -0.15) is 5.10 Å². The maximum absolute atomic E-state index is 12.1. The third-order valence-electron chi connectivity index (χ3n) is 3.35. The molecule has 0 saturated heterocycles. The van der Waals surface area contributed by atoms with E-state index in [0.29, 0.717) is 22.6 Å². The number of hydrogen-bond acceptors (Lipinski definition) is 5. The van der Waals surface area contributed by atoms with Crippen LogP contribution in [-0.2, 0) is 4.79 Å². The van der Waals surface area contributed by atoms with Gasteiger partial charge in [0.05, 0.1) is 32.5 Å². The molecule has 0 fully saturated rings. The van der Waals surface area contributed by atoms with E-state index in [1.54, 1.807) is 30.3 Å². The predicted octanol–water partition coefficient (Wildman–Crippen LogP) is 2.19. The number of nitrogens with one attached hydrogen (secondary N) is 2. The highest BCUT2D eigenvalue weighted by Gasteiger charge is 2.10. The number of nitrogens with zero attached hydrogens (tertiary/aromatic N) is 1. The normalized spacial score (nSPS) is 10.4. The fourth-order valence-corrected chi connectivity index (χ4v) is 2.76. The van der Waals surface area contributed by atoms with Crippen molar-refractivity contribution in [3.8, 4) is 11.5 Å². The number of ether oxygens (including phenoxy) is 2. The van der Waals surface area contributed by atoms with Gasteiger partial charge in [0.1, 0.15) is 0 Å². The molecule has 0 aliphatic heterocycles. The Morgan fingerprint density at radius 2 is 1.88 bits per heavy atom. The molecule has 0 aliphatic carbocycles. The lowest BCUT2D eigenvalue weighted by Crippen LogP contribution is -2.35. The fourth-order valence-electron chi connectivity index (χ4n) is 2.13. The monoisotopic (exact) mass is 467 g/mol. The lowest BCUT2D eigenvalue weighted by atomic mass is 10.2. The molecule has 0 atom stereocenters. The van der Waals surface area contributed by atoms with Crippen molar-refractivity contribution in [2.75, 3.05) is 20.8 Å². The first-order chi connectivity index (χ1) is 12.6. The van der Waals surface area contributed by atoms with Crippen LogP contribution >= 0.6 is 22.6 Å². The maximum atomic E-state index is 12.1. The molecule has 136 valence electrons. The SMILES string of the molecule is COc1cccc(/C=N\NC(=O)CNC(=O)c2ccccc2I)c1OC. The van der Waals surface area contributed by atoms with E-state index < -0.39 is 5.91 Å². The number of para-hydroxylation sites is 1. The van der Waals surface area contributed by atoms with Gasteiger partial charge in [-0.15, -0.1) is 0 Å². The van der Waals surface area contributed by atoms with Crippen molar-refractivity contribution in [2.24, 2.45) is 5.10 Å². The lowest BCUT2D eigenvalue weighted by molar-refractivity contribution is -0.120. The molecule has 0 aliphatic rings. The van der Waals surface area contributed by atoms with Crippen LogP contribution in [-0.4, -0.2) is 38.8 Å². The van der Waals surface area contributed by atoms with Crippen LogP contribution in [0.25, 0.3) is 0 Å². The highest BCUT2D eigenvalue weighted by atomic mass is 127. The minimum absolute atomic E-state index is 0.184. The average molecular weight is 467 g/mol. The molecule has 0 bridgehead atoms. The smallest absolute Gasteiger partial charge is 0.259 e. The number of carbonyl (C=O) groups is 2. The van der Waals surface area contributed by atoms with Gasteiger partial charge in [-0.3, -0.25) is 9.59 Å². The molecule has 2 aromatic carbocycles. The molecule has 0 radical (unpaired) electrons. The Bertz CT molecular complexity index is 824. The first-order valence-electron chi connectivity index (χ1n) is 7.62. The molecule has 2 aromatic rings. The standard InChI is InChI=1S/C18H18IN3O4/c1-25-15-9-5-6-12(17(15)26-2)10-21-22-16(23)11-20-18(24)13-7-3-4-8-14(13)19/h3-10H,11H2,1-2H3,(H,20,24)(H,22,23)/b21-10-. The first kappa shape index (κ1) is 19.7. The highest BCUT2D eigenvalue weighted by molar-refractivity contribution is 14.1. The zero-order chi connectivity index (χ0) is 18.9. The van der Waals surface area contributed by atoms with Gasteiger partial charge in [-0.25, -0.2) is 5.43 Å². The summed E-state index contributed by atoms with van der Waals surface area (Å²) in [6.07, 6.45) is 1.45. The molecule has 2 N–H and O–H groups in total. The number of carbonyl (C=O) groups excluding carboxylic acids is 2. The Morgan fingerprint density at radius 1 is 1.12 bits per heavy atom. The fraction of sp³-hybridized carbons (Fsp3) is 0.167. The second-order valence-corrected chi connectivity index (χ2v) is 6.20. The summed E-state index contributed by atoms with van der Waals surface area (Å²) in [4.78, 5) is 23.9. The van der Waals surface area contributed by atoms with Crippen LogP contribution in [0.3, 0.4) is 0 Å². The van der Waals surface area contributed by atoms with Crippen molar-refractivity contribution in [3.05, 3.63) is 57.2 Å². The van der Waals surface area contributed by atoms with E-state index >= 15 is 0 Å². The van der Waals surface area contributed by atoms with Crippen LogP contribution in [0.15, 0.2) is 47.6 Å². The molecule has 2 amide bonds. The second-order valence-electron chi connectivity index (χ2n) is 5.04. The van der Waals surface area contributed by atoms with Crippen LogP contribution in [0.4, 0.5) is 0 Å². The number of hydrogen-bond donors (Lipinski definition) is 2. The minimum atomic E-state index is -0.442. The summed E-state index contributed by atoms with van der Waals surface area (Å²) in [5, 5.41) is 6.44. The number of halogens is 1. The van der Waals surface area contributed by atoms with Crippen molar-refractivity contribution in [3.63, 3.8) is 0 Å². The topological polar surface area (TPSA) is 89.0 Å². The van der Waals surface area contributed by atoms with Gasteiger partial charge < -0.3 is 14.8 Å². The Morgan fingerprint density at radius 3 is 2.58 bits per heavy atom. The molecule has 0 aromatic heterocycles. The van der Waals surface area contributed by atoms with Crippen molar-refractivity contribution in [2.45, 2.75) is 0 Å². The summed E-state index contributed by atoms with van der Waals surface area (Å²) in [6, 6.07) is 12.4. The van der Waals surface area contributed by atoms with Crippen LogP contribution in [0.1, 0.15) is 15.9 Å². The number of rotatable bonds is 7. The molecular formula is C18H18IN3O4. The van der Waals surface area contributed by atoms with Crippen LogP contribution in [0.5, 0.6) is 11.5 Å². The zero-order valence-electron chi connectivity index (χ0n) is 14.3. The Balaban J connectivity index is 1.90. The average Bonchev–Trinajstić information content (AvgIpc) is 2.66. The van der Waals surface area contributed by atoms with Crippen molar-refractivity contribution in [1.29, 1.82) is 0 Å². The van der Waals surface area contributed by atoms with Crippen LogP contribution < -0.4 is 20.2 Å². The first-order valence-corrected chi connectivity index (χ1v) is 8.70. The van der Waals surface area contributed by atoms with E-state index in [1.807, 2.05) is 12.1 Å². The molecule has 0 spiro atoms. The van der Waals surface area contributed by atoms with Crippen LogP contribution in [0.2, 0.25) is 0 Å².